The van der Waals surface area contributed by atoms with Crippen molar-refractivity contribution in [2.45, 2.75) is 19.6 Å². The van der Waals surface area contributed by atoms with Crippen LogP contribution in [0.2, 0.25) is 0 Å². The number of fused-ring (bicyclic) bond motifs is 5. The molecule has 0 unspecified atom stereocenters. The summed E-state index contributed by atoms with van der Waals surface area (Å²) in [7, 11) is 0. The van der Waals surface area contributed by atoms with Gasteiger partial charge in [-0.2, -0.15) is 0 Å². The average Bonchev–Trinajstić information content (AvgIpc) is 2.90. The number of halogens is 1. The molecule has 1 aromatic carbocycles. The fourth-order valence-electron chi connectivity index (χ4n) is 3.32. The third kappa shape index (κ3) is 2.24. The molecule has 0 amide bonds. The number of hydrogen-bond donors (Lipinski definition) is 4. The molecule has 0 fully saturated rings. The van der Waals surface area contributed by atoms with E-state index in [2.05, 4.69) is 10.3 Å². The van der Waals surface area contributed by atoms with Crippen molar-refractivity contribution in [2.75, 3.05) is 11.9 Å². The number of nitrogens with one attached hydrogen (secondary N) is 2. The van der Waals surface area contributed by atoms with Crippen LogP contribution in [0.5, 0.6) is 5.75 Å². The highest BCUT2D eigenvalue weighted by atomic mass is 35.5. The van der Waals surface area contributed by atoms with Crippen molar-refractivity contribution in [1.29, 1.82) is 0 Å². The molecule has 3 heterocycles. The van der Waals surface area contributed by atoms with Crippen LogP contribution in [0.15, 0.2) is 16.9 Å². The summed E-state index contributed by atoms with van der Waals surface area (Å²) in [5.41, 5.74) is 3.17. The van der Waals surface area contributed by atoms with E-state index in [9.17, 15) is 14.7 Å². The van der Waals surface area contributed by atoms with E-state index in [-0.39, 0.29) is 19.0 Å². The number of pyridine rings is 1. The Morgan fingerprint density at radius 1 is 1.17 bits per heavy atom. The van der Waals surface area contributed by atoms with Crippen molar-refractivity contribution in [1.82, 2.24) is 4.98 Å². The second kappa shape index (κ2) is 5.85. The van der Waals surface area contributed by atoms with Gasteiger partial charge in [-0.3, -0.25) is 4.79 Å². The number of anilines is 1. The van der Waals surface area contributed by atoms with Crippen molar-refractivity contribution < 1.29 is 19.7 Å². The first-order valence-electron chi connectivity index (χ1n) is 7.26. The summed E-state index contributed by atoms with van der Waals surface area (Å²) in [6.45, 7) is 1.23. The van der Waals surface area contributed by atoms with Crippen LogP contribution in [-0.2, 0) is 24.4 Å². The quantitative estimate of drug-likeness (QED) is 0.624. The van der Waals surface area contributed by atoms with Gasteiger partial charge in [0.15, 0.2) is 5.56 Å². The van der Waals surface area contributed by atoms with E-state index in [1.165, 1.54) is 0 Å². The van der Waals surface area contributed by atoms with Gasteiger partial charge < -0.3 is 25.3 Å². The first kappa shape index (κ1) is 16.4. The molecule has 126 valence electrons. The lowest BCUT2D eigenvalue weighted by Gasteiger charge is -2.13. The van der Waals surface area contributed by atoms with E-state index in [1.54, 1.807) is 0 Å². The smallest absolute Gasteiger partial charge is 0.345 e. The lowest BCUT2D eigenvalue weighted by atomic mass is 9.95. The predicted molar refractivity (Wildman–Crippen MR) is 89.1 cm³/mol. The minimum Gasteiger partial charge on any atom is -0.506 e. The molecule has 0 atom stereocenters. The number of H-pyrrole nitrogens is 1. The number of benzene rings is 1. The summed E-state index contributed by atoms with van der Waals surface area (Å²) in [6, 6.07) is 3.78. The van der Waals surface area contributed by atoms with E-state index < -0.39 is 22.8 Å². The van der Waals surface area contributed by atoms with Gasteiger partial charge in [0.25, 0.3) is 5.56 Å². The molecule has 4 rings (SSSR count). The van der Waals surface area contributed by atoms with Gasteiger partial charge >= 0.3 is 5.97 Å². The fraction of sp³-hybridized carbons (Fsp3) is 0.250. The molecule has 2 aromatic rings. The van der Waals surface area contributed by atoms with Crippen LogP contribution in [0.1, 0.15) is 27.0 Å². The predicted octanol–water partition coefficient (Wildman–Crippen LogP) is 1.87. The maximum absolute atomic E-state index is 12.1. The van der Waals surface area contributed by atoms with Crippen molar-refractivity contribution in [3.8, 4) is 17.0 Å². The van der Waals surface area contributed by atoms with Crippen LogP contribution in [0.3, 0.4) is 0 Å². The summed E-state index contributed by atoms with van der Waals surface area (Å²) >= 11 is 0. The highest BCUT2D eigenvalue weighted by Crippen LogP contribution is 2.39. The van der Waals surface area contributed by atoms with E-state index >= 15 is 0 Å². The van der Waals surface area contributed by atoms with E-state index in [0.717, 1.165) is 35.3 Å². The summed E-state index contributed by atoms with van der Waals surface area (Å²) in [5.74, 6) is -1.99. The Hall–Kier alpha value is -2.51. The van der Waals surface area contributed by atoms with Gasteiger partial charge in [0, 0.05) is 23.4 Å². The number of carboxylic acids is 1. The Morgan fingerprint density at radius 3 is 2.67 bits per heavy atom. The van der Waals surface area contributed by atoms with Crippen molar-refractivity contribution >= 4 is 24.1 Å². The van der Waals surface area contributed by atoms with Gasteiger partial charge in [0.2, 0.25) is 0 Å². The van der Waals surface area contributed by atoms with Crippen molar-refractivity contribution in [3.05, 3.63) is 44.7 Å². The topological polar surface area (TPSA) is 112 Å². The standard InChI is InChI=1S/C16H14N2O5.ClH/c19-14-10-6-23-5-9-7-3-4-17-11(7)2-1-8(9)13(10)18-15(20)12(14)16(21)22;/h1-2,17H,3-6H2,(H,21,22)(H2,18,19,20);1H. The molecule has 8 heteroatoms. The van der Waals surface area contributed by atoms with Crippen LogP contribution >= 0.6 is 12.4 Å². The second-order valence-electron chi connectivity index (χ2n) is 5.62. The Kier molecular flexibility index (Phi) is 3.98. The van der Waals surface area contributed by atoms with Crippen LogP contribution < -0.4 is 10.9 Å². The van der Waals surface area contributed by atoms with Gasteiger partial charge in [0.05, 0.1) is 18.9 Å². The first-order valence-corrected chi connectivity index (χ1v) is 7.26. The molecule has 4 N–H and O–H groups in total. The summed E-state index contributed by atoms with van der Waals surface area (Å²) in [6.07, 6.45) is 0.862. The molecule has 0 bridgehead atoms. The molecular formula is C16H15ClN2O5. The molecule has 2 aliphatic rings. The second-order valence-corrected chi connectivity index (χ2v) is 5.62. The number of aromatic amines is 1. The number of carboxylic acid groups (broad SMARTS) is 1. The highest BCUT2D eigenvalue weighted by Gasteiger charge is 2.28. The molecule has 0 radical (unpaired) electrons. The molecule has 0 aliphatic carbocycles. The minimum atomic E-state index is -1.46. The molecule has 0 saturated heterocycles. The fourth-order valence-corrected chi connectivity index (χ4v) is 3.32. The molecule has 1 aromatic heterocycles. The summed E-state index contributed by atoms with van der Waals surface area (Å²) in [4.78, 5) is 25.9. The molecular weight excluding hydrogens is 336 g/mol. The Bertz CT molecular complexity index is 906. The van der Waals surface area contributed by atoms with Crippen LogP contribution in [0, 0.1) is 0 Å². The number of hydrogen-bond acceptors (Lipinski definition) is 5. The molecule has 2 aliphatic heterocycles. The van der Waals surface area contributed by atoms with Crippen LogP contribution in [0.4, 0.5) is 5.69 Å². The number of carbonyl (C=O) groups is 1. The van der Waals surface area contributed by atoms with Crippen LogP contribution in [-0.4, -0.2) is 27.7 Å². The largest absolute Gasteiger partial charge is 0.506 e. The molecule has 7 nitrogen and oxygen atoms in total. The maximum atomic E-state index is 12.1. The lowest BCUT2D eigenvalue weighted by molar-refractivity contribution is 0.0690. The van der Waals surface area contributed by atoms with Crippen molar-refractivity contribution in [3.63, 3.8) is 0 Å². The Balaban J connectivity index is 0.00000169. The first-order chi connectivity index (χ1) is 11.1. The molecule has 24 heavy (non-hydrogen) atoms. The SMILES string of the molecule is Cl.O=C(O)c1c(O)c2c([nH]c1=O)-c1ccc3c(c1COC2)CCN3. The van der Waals surface area contributed by atoms with Gasteiger partial charge in [-0.15, -0.1) is 12.4 Å². The Labute approximate surface area is 142 Å². The van der Waals surface area contributed by atoms with Gasteiger partial charge in [-0.1, -0.05) is 6.07 Å². The van der Waals surface area contributed by atoms with Crippen molar-refractivity contribution in [2.24, 2.45) is 0 Å². The Morgan fingerprint density at radius 2 is 1.92 bits per heavy atom. The molecule has 0 saturated carbocycles. The normalized spacial score (nSPS) is 14.5. The van der Waals surface area contributed by atoms with E-state index in [1.807, 2.05) is 12.1 Å². The van der Waals surface area contributed by atoms with E-state index in [4.69, 9.17) is 9.84 Å². The summed E-state index contributed by atoms with van der Waals surface area (Å²) < 4.78 is 5.63. The minimum absolute atomic E-state index is 0. The highest BCUT2D eigenvalue weighted by molar-refractivity contribution is 5.92. The molecule has 0 spiro atoms. The lowest BCUT2D eigenvalue weighted by Crippen LogP contribution is -2.20. The zero-order chi connectivity index (χ0) is 16.1. The number of ether oxygens (including phenoxy) is 1. The number of aromatic hydroxyl groups is 1. The van der Waals surface area contributed by atoms with Gasteiger partial charge in [-0.05, 0) is 23.6 Å². The third-order valence-corrected chi connectivity index (χ3v) is 4.39. The third-order valence-electron chi connectivity index (χ3n) is 4.39. The maximum Gasteiger partial charge on any atom is 0.345 e. The number of rotatable bonds is 1. The van der Waals surface area contributed by atoms with E-state index in [0.29, 0.717) is 17.9 Å². The van der Waals surface area contributed by atoms with Gasteiger partial charge in [-0.25, -0.2) is 4.79 Å². The van der Waals surface area contributed by atoms with Crippen LogP contribution in [0.25, 0.3) is 11.3 Å². The van der Waals surface area contributed by atoms with Gasteiger partial charge in [0.1, 0.15) is 5.75 Å². The average molecular weight is 351 g/mol. The summed E-state index contributed by atoms with van der Waals surface area (Å²) in [5, 5.41) is 22.6. The zero-order valence-corrected chi connectivity index (χ0v) is 13.3. The zero-order valence-electron chi connectivity index (χ0n) is 12.5. The monoisotopic (exact) mass is 350 g/mol. The number of aromatic nitrogens is 1. The number of aromatic carboxylic acids is 1.